The van der Waals surface area contributed by atoms with E-state index in [1.807, 2.05) is 13.8 Å². The number of hydrogen-bond donors (Lipinski definition) is 4. The van der Waals surface area contributed by atoms with Crippen LogP contribution in [0.2, 0.25) is 0 Å². The second kappa shape index (κ2) is 15.4. The lowest BCUT2D eigenvalue weighted by Crippen LogP contribution is -2.46. The van der Waals surface area contributed by atoms with E-state index in [9.17, 15) is 0 Å². The Balaban J connectivity index is 2.30. The summed E-state index contributed by atoms with van der Waals surface area (Å²) < 4.78 is 0. The monoisotopic (exact) mass is 456 g/mol. The molecule has 0 spiro atoms. The van der Waals surface area contributed by atoms with Gasteiger partial charge in [0.15, 0.2) is 10.2 Å². The van der Waals surface area contributed by atoms with Gasteiger partial charge in [0.1, 0.15) is 0 Å². The lowest BCUT2D eigenvalue weighted by Gasteiger charge is -2.32. The molecule has 1 aliphatic heterocycles. The Kier molecular flexibility index (Phi) is 13.7. The van der Waals surface area contributed by atoms with E-state index in [2.05, 4.69) is 62.3 Å². The van der Waals surface area contributed by atoms with Crippen LogP contribution in [0.25, 0.3) is 0 Å². The zero-order chi connectivity index (χ0) is 22.4. The van der Waals surface area contributed by atoms with Gasteiger partial charge in [-0.15, -0.1) is 0 Å². The van der Waals surface area contributed by atoms with Crippen LogP contribution in [-0.2, 0) is 0 Å². The van der Waals surface area contributed by atoms with E-state index in [1.54, 1.807) is 0 Å². The number of likely N-dealkylation sites (N-methyl/N-ethyl adjacent to an activating group) is 1. The Morgan fingerprint density at radius 1 is 0.933 bits per heavy atom. The molecule has 10 heteroatoms. The van der Waals surface area contributed by atoms with Crippen LogP contribution in [0.3, 0.4) is 0 Å². The third-order valence-electron chi connectivity index (χ3n) is 5.35. The number of hydrazone groups is 2. The molecule has 0 aromatic rings. The third kappa shape index (κ3) is 11.1. The molecular formula is C20H40N8S2. The molecule has 8 nitrogen and oxygen atoms in total. The van der Waals surface area contributed by atoms with Crippen molar-refractivity contribution < 1.29 is 0 Å². The van der Waals surface area contributed by atoms with Gasteiger partial charge in [-0.1, -0.05) is 20.3 Å². The summed E-state index contributed by atoms with van der Waals surface area (Å²) in [6, 6.07) is 0.456. The highest BCUT2D eigenvalue weighted by atomic mass is 32.1. The number of rotatable bonds is 11. The fourth-order valence-electron chi connectivity index (χ4n) is 3.11. The van der Waals surface area contributed by atoms with Gasteiger partial charge in [-0.25, -0.2) is 0 Å². The highest BCUT2D eigenvalue weighted by molar-refractivity contribution is 7.80. The second-order valence-electron chi connectivity index (χ2n) is 7.56. The van der Waals surface area contributed by atoms with Gasteiger partial charge in [0.2, 0.25) is 0 Å². The number of hydrogen-bond acceptors (Lipinski definition) is 6. The Hall–Kier alpha value is -1.36. The molecule has 0 radical (unpaired) electrons. The van der Waals surface area contributed by atoms with Crippen LogP contribution >= 0.6 is 24.4 Å². The summed E-state index contributed by atoms with van der Waals surface area (Å²) in [6.07, 6.45) is 3.92. The molecule has 0 bridgehead atoms. The van der Waals surface area contributed by atoms with Crippen molar-refractivity contribution in [1.29, 1.82) is 0 Å². The molecule has 172 valence electrons. The third-order valence-corrected chi connectivity index (χ3v) is 5.83. The summed E-state index contributed by atoms with van der Waals surface area (Å²) in [7, 11) is 0. The van der Waals surface area contributed by atoms with Crippen molar-refractivity contribution in [1.82, 2.24) is 31.3 Å². The lowest BCUT2D eigenvalue weighted by molar-refractivity contribution is 0.174. The SMILES string of the molecule is CCN(CC)CCNC(=S)N/N=C(C)\C(C)=N/NC(=S)NCC(C)N1CCCCC1. The van der Waals surface area contributed by atoms with E-state index >= 15 is 0 Å². The first-order chi connectivity index (χ1) is 14.4. The first-order valence-electron chi connectivity index (χ1n) is 11.0. The zero-order valence-electron chi connectivity index (χ0n) is 19.3. The minimum atomic E-state index is 0.456. The molecule has 1 unspecified atom stereocenters. The zero-order valence-corrected chi connectivity index (χ0v) is 20.9. The summed E-state index contributed by atoms with van der Waals surface area (Å²) >= 11 is 10.6. The van der Waals surface area contributed by atoms with Gasteiger partial charge in [0.25, 0.3) is 0 Å². The molecule has 0 aliphatic carbocycles. The van der Waals surface area contributed by atoms with Crippen LogP contribution < -0.4 is 21.5 Å². The molecule has 0 amide bonds. The fourth-order valence-corrected chi connectivity index (χ4v) is 3.38. The number of nitrogens with zero attached hydrogens (tertiary/aromatic N) is 4. The largest absolute Gasteiger partial charge is 0.360 e. The maximum atomic E-state index is 5.34. The van der Waals surface area contributed by atoms with E-state index in [-0.39, 0.29) is 0 Å². The molecule has 1 heterocycles. The standard InChI is InChI=1S/C20H40N8S2/c1-6-27(7-2)14-11-21-19(29)25-23-17(4)18(5)24-26-20(30)22-15-16(3)28-12-9-8-10-13-28/h16H,6-15H2,1-5H3,(H2,21,25,29)(H2,22,26,30)/b23-17-,24-18-. The molecular weight excluding hydrogens is 416 g/mol. The quantitative estimate of drug-likeness (QED) is 0.213. The van der Waals surface area contributed by atoms with E-state index in [0.29, 0.717) is 16.3 Å². The van der Waals surface area contributed by atoms with Crippen LogP contribution in [0.1, 0.15) is 53.9 Å². The van der Waals surface area contributed by atoms with Crippen molar-refractivity contribution in [3.8, 4) is 0 Å². The van der Waals surface area contributed by atoms with Gasteiger partial charge < -0.3 is 15.5 Å². The van der Waals surface area contributed by atoms with Gasteiger partial charge >= 0.3 is 0 Å². The summed E-state index contributed by atoms with van der Waals surface area (Å²) in [5.74, 6) is 0. The molecule has 30 heavy (non-hydrogen) atoms. The van der Waals surface area contributed by atoms with Crippen molar-refractivity contribution in [2.24, 2.45) is 10.2 Å². The maximum Gasteiger partial charge on any atom is 0.187 e. The molecule has 1 rings (SSSR count). The van der Waals surface area contributed by atoms with E-state index in [0.717, 1.165) is 44.1 Å². The van der Waals surface area contributed by atoms with Crippen LogP contribution in [-0.4, -0.2) is 83.3 Å². The molecule has 0 aromatic carbocycles. The molecule has 1 atom stereocenters. The highest BCUT2D eigenvalue weighted by Crippen LogP contribution is 2.11. The van der Waals surface area contributed by atoms with Crippen LogP contribution in [0.5, 0.6) is 0 Å². The number of nitrogens with one attached hydrogen (secondary N) is 4. The Morgan fingerprint density at radius 3 is 2.00 bits per heavy atom. The smallest absolute Gasteiger partial charge is 0.187 e. The topological polar surface area (TPSA) is 79.3 Å². The van der Waals surface area contributed by atoms with Crippen molar-refractivity contribution in [2.45, 2.75) is 59.9 Å². The van der Waals surface area contributed by atoms with Gasteiger partial charge in [-0.2, -0.15) is 10.2 Å². The summed E-state index contributed by atoms with van der Waals surface area (Å²) in [6.45, 7) is 17.3. The van der Waals surface area contributed by atoms with Crippen LogP contribution in [0, 0.1) is 0 Å². The number of piperidine rings is 1. The van der Waals surface area contributed by atoms with Gasteiger partial charge in [-0.3, -0.25) is 15.8 Å². The predicted octanol–water partition coefficient (Wildman–Crippen LogP) is 1.88. The first kappa shape index (κ1) is 26.7. The lowest BCUT2D eigenvalue weighted by atomic mass is 10.1. The normalized spacial score (nSPS) is 16.9. The highest BCUT2D eigenvalue weighted by Gasteiger charge is 2.16. The van der Waals surface area contributed by atoms with Gasteiger partial charge in [0.05, 0.1) is 11.4 Å². The van der Waals surface area contributed by atoms with Crippen LogP contribution in [0.15, 0.2) is 10.2 Å². The molecule has 0 saturated carbocycles. The molecule has 4 N–H and O–H groups in total. The van der Waals surface area contributed by atoms with E-state index in [4.69, 9.17) is 24.4 Å². The minimum absolute atomic E-state index is 0.456. The van der Waals surface area contributed by atoms with E-state index in [1.165, 1.54) is 32.4 Å². The maximum absolute atomic E-state index is 5.34. The Labute approximate surface area is 193 Å². The van der Waals surface area contributed by atoms with Gasteiger partial charge in [0, 0.05) is 25.7 Å². The van der Waals surface area contributed by atoms with Crippen LogP contribution in [0.4, 0.5) is 0 Å². The Morgan fingerprint density at radius 2 is 1.47 bits per heavy atom. The van der Waals surface area contributed by atoms with Crippen molar-refractivity contribution in [3.63, 3.8) is 0 Å². The second-order valence-corrected chi connectivity index (χ2v) is 8.37. The molecule has 1 aliphatic rings. The molecule has 1 saturated heterocycles. The summed E-state index contributed by atoms with van der Waals surface area (Å²) in [5.41, 5.74) is 7.23. The average molecular weight is 457 g/mol. The molecule has 1 fully saturated rings. The summed E-state index contributed by atoms with van der Waals surface area (Å²) in [5, 5.41) is 16.0. The Bertz CT molecular complexity index is 583. The van der Waals surface area contributed by atoms with Gasteiger partial charge in [-0.05, 0) is 84.2 Å². The van der Waals surface area contributed by atoms with Crippen molar-refractivity contribution in [3.05, 3.63) is 0 Å². The van der Waals surface area contributed by atoms with Crippen molar-refractivity contribution >= 4 is 46.1 Å². The van der Waals surface area contributed by atoms with Crippen molar-refractivity contribution in [2.75, 3.05) is 45.8 Å². The molecule has 0 aromatic heterocycles. The minimum Gasteiger partial charge on any atom is -0.360 e. The number of likely N-dealkylation sites (tertiary alicyclic amines) is 1. The fraction of sp³-hybridized carbons (Fsp3) is 0.800. The van der Waals surface area contributed by atoms with E-state index < -0.39 is 0 Å². The first-order valence-corrected chi connectivity index (χ1v) is 11.8. The predicted molar refractivity (Wildman–Crippen MR) is 136 cm³/mol. The number of thiocarbonyl (C=S) groups is 2. The average Bonchev–Trinajstić information content (AvgIpc) is 2.77. The summed E-state index contributed by atoms with van der Waals surface area (Å²) in [4.78, 5) is 4.84.